The van der Waals surface area contributed by atoms with Crippen LogP contribution >= 0.6 is 23.4 Å². The van der Waals surface area contributed by atoms with E-state index in [2.05, 4.69) is 17.3 Å². The molecule has 0 aliphatic carbocycles. The fourth-order valence-electron chi connectivity index (χ4n) is 1.46. The lowest BCUT2D eigenvalue weighted by atomic mass is 10.2. The minimum Gasteiger partial charge on any atom is -0.311 e. The van der Waals surface area contributed by atoms with Gasteiger partial charge in [-0.2, -0.15) is 16.9 Å². The lowest BCUT2D eigenvalue weighted by molar-refractivity contribution is 0.586. The van der Waals surface area contributed by atoms with E-state index in [1.807, 2.05) is 30.5 Å². The van der Waals surface area contributed by atoms with E-state index in [9.17, 15) is 0 Å². The molecule has 1 unspecified atom stereocenters. The molecule has 0 radical (unpaired) electrons. The van der Waals surface area contributed by atoms with Crippen LogP contribution in [-0.2, 0) is 7.05 Å². The Bertz CT molecular complexity index is 281. The average molecular weight is 248 g/mol. The van der Waals surface area contributed by atoms with Gasteiger partial charge >= 0.3 is 0 Å². The number of nitrogens with zero attached hydrogens (tertiary/aromatic N) is 2. The minimum atomic E-state index is 0.279. The van der Waals surface area contributed by atoms with Crippen LogP contribution in [0.3, 0.4) is 0 Å². The van der Waals surface area contributed by atoms with Gasteiger partial charge in [-0.1, -0.05) is 18.5 Å². The fourth-order valence-corrected chi connectivity index (χ4v) is 2.77. The molecule has 15 heavy (non-hydrogen) atoms. The molecule has 0 bridgehead atoms. The zero-order valence-corrected chi connectivity index (χ0v) is 11.0. The molecule has 0 spiro atoms. The van der Waals surface area contributed by atoms with Crippen molar-refractivity contribution in [2.24, 2.45) is 7.05 Å². The Morgan fingerprint density at radius 3 is 2.87 bits per heavy atom. The highest BCUT2D eigenvalue weighted by atomic mass is 35.5. The fraction of sp³-hybridized carbons (Fsp3) is 0.700. The number of halogens is 1. The second kappa shape index (κ2) is 6.40. The van der Waals surface area contributed by atoms with Gasteiger partial charge in [0.1, 0.15) is 0 Å². The molecule has 0 fully saturated rings. The Kier molecular flexibility index (Phi) is 5.50. The average Bonchev–Trinajstić information content (AvgIpc) is 2.55. The summed E-state index contributed by atoms with van der Waals surface area (Å²) in [5.41, 5.74) is 1.07. The summed E-state index contributed by atoms with van der Waals surface area (Å²) in [5, 5.41) is 8.17. The van der Waals surface area contributed by atoms with Crippen molar-refractivity contribution in [2.45, 2.75) is 19.4 Å². The molecule has 0 aliphatic heterocycles. The largest absolute Gasteiger partial charge is 0.311 e. The van der Waals surface area contributed by atoms with Crippen molar-refractivity contribution in [1.82, 2.24) is 15.1 Å². The van der Waals surface area contributed by atoms with E-state index in [0.29, 0.717) is 0 Å². The maximum Gasteiger partial charge on any atom is 0.0834 e. The number of rotatable bonds is 6. The van der Waals surface area contributed by atoms with Gasteiger partial charge in [-0.05, 0) is 19.2 Å². The van der Waals surface area contributed by atoms with Gasteiger partial charge in [0.15, 0.2) is 0 Å². The van der Waals surface area contributed by atoms with Crippen LogP contribution < -0.4 is 5.32 Å². The summed E-state index contributed by atoms with van der Waals surface area (Å²) in [6.07, 6.45) is 2.91. The third-order valence-corrected chi connectivity index (χ3v) is 3.81. The normalized spacial score (nSPS) is 13.1. The minimum absolute atomic E-state index is 0.279. The van der Waals surface area contributed by atoms with Crippen LogP contribution in [0.15, 0.2) is 6.20 Å². The second-order valence-corrected chi connectivity index (χ2v) is 4.97. The molecule has 0 amide bonds. The van der Waals surface area contributed by atoms with Gasteiger partial charge < -0.3 is 5.32 Å². The Morgan fingerprint density at radius 1 is 1.67 bits per heavy atom. The molecular formula is C10H18ClN3S. The zero-order chi connectivity index (χ0) is 11.3. The quantitative estimate of drug-likeness (QED) is 0.784. The summed E-state index contributed by atoms with van der Waals surface area (Å²) in [4.78, 5) is 0. The van der Waals surface area contributed by atoms with E-state index in [1.54, 1.807) is 6.20 Å². The van der Waals surface area contributed by atoms with E-state index in [0.717, 1.165) is 16.5 Å². The molecule has 1 heterocycles. The first-order valence-corrected chi connectivity index (χ1v) is 6.66. The Morgan fingerprint density at radius 2 is 2.40 bits per heavy atom. The summed E-state index contributed by atoms with van der Waals surface area (Å²) in [5.74, 6) is 2.22. The Labute approximate surface area is 101 Å². The number of aryl methyl sites for hydroxylation is 1. The summed E-state index contributed by atoms with van der Waals surface area (Å²) < 4.78 is 1.84. The maximum atomic E-state index is 6.10. The van der Waals surface area contributed by atoms with Crippen LogP contribution in [0.25, 0.3) is 0 Å². The summed E-state index contributed by atoms with van der Waals surface area (Å²) >= 11 is 8.04. The standard InChI is InChI=1S/C10H18ClN3S/c1-4-5-15-7-9(12-2)10-8(11)6-13-14(10)3/h6,9,12H,4-5,7H2,1-3H3. The highest BCUT2D eigenvalue weighted by Crippen LogP contribution is 2.24. The number of aromatic nitrogens is 2. The van der Waals surface area contributed by atoms with Crippen molar-refractivity contribution in [1.29, 1.82) is 0 Å². The van der Waals surface area contributed by atoms with Crippen molar-refractivity contribution in [3.63, 3.8) is 0 Å². The molecular weight excluding hydrogens is 230 g/mol. The van der Waals surface area contributed by atoms with Gasteiger partial charge in [-0.25, -0.2) is 0 Å². The van der Waals surface area contributed by atoms with E-state index < -0.39 is 0 Å². The Balaban J connectivity index is 2.65. The predicted octanol–water partition coefficient (Wildman–Crippen LogP) is 2.48. The van der Waals surface area contributed by atoms with Crippen LogP contribution in [0.2, 0.25) is 5.02 Å². The zero-order valence-electron chi connectivity index (χ0n) is 9.46. The number of hydrogen-bond donors (Lipinski definition) is 1. The maximum absolute atomic E-state index is 6.10. The lowest BCUT2D eigenvalue weighted by Gasteiger charge is -2.16. The SMILES string of the molecule is CCCSCC(NC)c1c(Cl)cnn1C. The van der Waals surface area contributed by atoms with Crippen molar-refractivity contribution in [2.75, 3.05) is 18.6 Å². The van der Waals surface area contributed by atoms with Crippen LogP contribution in [-0.4, -0.2) is 28.3 Å². The Hall–Kier alpha value is -0.190. The molecule has 1 atom stereocenters. The highest BCUT2D eigenvalue weighted by Gasteiger charge is 2.16. The first-order valence-electron chi connectivity index (χ1n) is 5.13. The van der Waals surface area contributed by atoms with Crippen molar-refractivity contribution < 1.29 is 0 Å². The van der Waals surface area contributed by atoms with E-state index in [-0.39, 0.29) is 6.04 Å². The number of thioether (sulfide) groups is 1. The number of hydrogen-bond acceptors (Lipinski definition) is 3. The van der Waals surface area contributed by atoms with Gasteiger partial charge in [0.25, 0.3) is 0 Å². The monoisotopic (exact) mass is 247 g/mol. The molecule has 1 rings (SSSR count). The van der Waals surface area contributed by atoms with Crippen molar-refractivity contribution in [3.05, 3.63) is 16.9 Å². The van der Waals surface area contributed by atoms with E-state index in [1.165, 1.54) is 12.2 Å². The lowest BCUT2D eigenvalue weighted by Crippen LogP contribution is -2.22. The summed E-state index contributed by atoms with van der Waals surface area (Å²) in [7, 11) is 3.89. The molecule has 0 saturated carbocycles. The van der Waals surface area contributed by atoms with Gasteiger partial charge in [0, 0.05) is 12.8 Å². The summed E-state index contributed by atoms with van der Waals surface area (Å²) in [6, 6.07) is 0.279. The highest BCUT2D eigenvalue weighted by molar-refractivity contribution is 7.99. The molecule has 3 nitrogen and oxygen atoms in total. The molecule has 0 aliphatic rings. The molecule has 1 aromatic heterocycles. The third-order valence-electron chi connectivity index (χ3n) is 2.25. The van der Waals surface area contributed by atoms with Gasteiger partial charge in [0.2, 0.25) is 0 Å². The van der Waals surface area contributed by atoms with Gasteiger partial charge in [-0.15, -0.1) is 0 Å². The summed E-state index contributed by atoms with van der Waals surface area (Å²) in [6.45, 7) is 2.19. The number of nitrogens with one attached hydrogen (secondary N) is 1. The molecule has 0 saturated heterocycles. The third kappa shape index (κ3) is 3.40. The predicted molar refractivity (Wildman–Crippen MR) is 67.6 cm³/mol. The van der Waals surface area contributed by atoms with Crippen LogP contribution in [0.1, 0.15) is 25.1 Å². The smallest absolute Gasteiger partial charge is 0.0834 e. The van der Waals surface area contributed by atoms with Gasteiger partial charge in [0.05, 0.1) is 23.0 Å². The molecule has 1 aromatic rings. The molecule has 1 N–H and O–H groups in total. The molecule has 86 valence electrons. The van der Waals surface area contributed by atoms with Crippen LogP contribution in [0.5, 0.6) is 0 Å². The molecule has 5 heteroatoms. The van der Waals surface area contributed by atoms with Crippen molar-refractivity contribution in [3.8, 4) is 0 Å². The first-order chi connectivity index (χ1) is 7.20. The van der Waals surface area contributed by atoms with Crippen LogP contribution in [0, 0.1) is 0 Å². The molecule has 0 aromatic carbocycles. The van der Waals surface area contributed by atoms with E-state index in [4.69, 9.17) is 11.6 Å². The second-order valence-electron chi connectivity index (χ2n) is 3.42. The van der Waals surface area contributed by atoms with Crippen LogP contribution in [0.4, 0.5) is 0 Å². The van der Waals surface area contributed by atoms with Gasteiger partial charge in [-0.3, -0.25) is 4.68 Å². The van der Waals surface area contributed by atoms with Crippen molar-refractivity contribution >= 4 is 23.4 Å². The first kappa shape index (κ1) is 12.9. The topological polar surface area (TPSA) is 29.9 Å². The van der Waals surface area contributed by atoms with E-state index >= 15 is 0 Å².